The topological polar surface area (TPSA) is 65.7 Å². The van der Waals surface area contributed by atoms with Gasteiger partial charge in [0.1, 0.15) is 10.4 Å². The van der Waals surface area contributed by atoms with Gasteiger partial charge >= 0.3 is 8.80 Å². The Balaban J connectivity index is 0.00000154. The van der Waals surface area contributed by atoms with E-state index in [0.717, 1.165) is 24.7 Å². The van der Waals surface area contributed by atoms with Gasteiger partial charge in [0.15, 0.2) is 0 Å². The fourth-order valence-corrected chi connectivity index (χ4v) is 3.37. The van der Waals surface area contributed by atoms with E-state index < -0.39 is 8.80 Å². The van der Waals surface area contributed by atoms with Crippen LogP contribution in [0.5, 0.6) is 0 Å². The van der Waals surface area contributed by atoms with E-state index in [4.69, 9.17) is 13.3 Å². The maximum absolute atomic E-state index is 5.36. The third-order valence-electron chi connectivity index (χ3n) is 2.70. The van der Waals surface area contributed by atoms with Crippen LogP contribution in [0.2, 0.25) is 6.04 Å². The molecule has 7 heteroatoms. The van der Waals surface area contributed by atoms with E-state index in [1.165, 1.54) is 0 Å². The molecule has 0 saturated carbocycles. The van der Waals surface area contributed by atoms with Gasteiger partial charge in [-0.2, -0.15) is 0 Å². The molecule has 0 aliphatic carbocycles. The normalized spacial score (nSPS) is 10.6. The fraction of sp³-hybridized carbons (Fsp3) is 0.500. The molecule has 1 rings (SSSR count). The first kappa shape index (κ1) is 18.3. The highest BCUT2D eigenvalue weighted by Gasteiger charge is 2.36. The average Bonchev–Trinajstić information content (AvgIpc) is 2.51. The minimum atomic E-state index is -2.40. The minimum absolute atomic E-state index is 0.816. The molecule has 1 aromatic rings. The number of rotatable bonds is 8. The summed E-state index contributed by atoms with van der Waals surface area (Å²) in [5.74, 6) is 0. The summed E-state index contributed by atoms with van der Waals surface area (Å²) in [7, 11) is 5.00. The maximum Gasteiger partial charge on any atom is 0.500 e. The summed E-state index contributed by atoms with van der Waals surface area (Å²) in [4.78, 5) is 0. The Labute approximate surface area is 120 Å². The van der Waals surface area contributed by atoms with Crippen LogP contribution >= 0.6 is 0 Å². The van der Waals surface area contributed by atoms with Crippen LogP contribution in [0.15, 0.2) is 30.3 Å². The molecule has 3 radical (unpaired) electrons. The highest BCUT2D eigenvalue weighted by atomic mass is 28.4. The number of benzene rings is 1. The Morgan fingerprint density at radius 2 is 1.58 bits per heavy atom. The van der Waals surface area contributed by atoms with Crippen molar-refractivity contribution in [2.45, 2.75) is 12.5 Å². The van der Waals surface area contributed by atoms with E-state index in [2.05, 4.69) is 21.1 Å². The molecule has 0 aliphatic heterocycles. The van der Waals surface area contributed by atoms with Crippen LogP contribution in [-0.2, 0) is 13.3 Å². The zero-order valence-electron chi connectivity index (χ0n) is 11.8. The number of nitrogens with two attached hydrogens (primary N) is 1. The number of anilines is 1. The monoisotopic (exact) mass is 299 g/mol. The smallest absolute Gasteiger partial charge is 0.385 e. The van der Waals surface area contributed by atoms with Gasteiger partial charge in [-0.1, -0.05) is 18.2 Å². The number of nitrogens with one attached hydrogen (secondary N) is 1. The van der Waals surface area contributed by atoms with Crippen LogP contribution in [0.1, 0.15) is 6.42 Å². The van der Waals surface area contributed by atoms with Gasteiger partial charge in [0.2, 0.25) is 0 Å². The fourth-order valence-electron chi connectivity index (χ4n) is 1.65. The first-order chi connectivity index (χ1) is 9.26. The van der Waals surface area contributed by atoms with Gasteiger partial charge in [-0.25, -0.2) is 0 Å². The summed E-state index contributed by atoms with van der Waals surface area (Å²) in [5, 5.41) is 7.65. The lowest BCUT2D eigenvalue weighted by Gasteiger charge is -2.24. The molecule has 0 amide bonds. The summed E-state index contributed by atoms with van der Waals surface area (Å²) >= 11 is 0. The highest BCUT2D eigenvalue weighted by Crippen LogP contribution is 2.15. The molecular formula is C12H23N2O3Si2. The van der Waals surface area contributed by atoms with Gasteiger partial charge in [0.05, 0.1) is 0 Å². The molecule has 0 fully saturated rings. The molecule has 0 aliphatic rings. The van der Waals surface area contributed by atoms with Crippen LogP contribution in [0, 0.1) is 0 Å². The van der Waals surface area contributed by atoms with Crippen molar-refractivity contribution in [1.82, 2.24) is 0 Å². The van der Waals surface area contributed by atoms with Crippen molar-refractivity contribution in [2.24, 2.45) is 5.40 Å². The van der Waals surface area contributed by atoms with Gasteiger partial charge < -0.3 is 24.0 Å². The Morgan fingerprint density at radius 1 is 1.05 bits per heavy atom. The van der Waals surface area contributed by atoms with Crippen LogP contribution < -0.4 is 10.7 Å². The molecule has 19 heavy (non-hydrogen) atoms. The molecule has 0 unspecified atom stereocenters. The maximum atomic E-state index is 5.36. The number of hydrogen-bond donors (Lipinski definition) is 2. The van der Waals surface area contributed by atoms with Crippen LogP contribution in [0.25, 0.3) is 0 Å². The zero-order valence-corrected chi connectivity index (χ0v) is 13.8. The first-order valence-corrected chi connectivity index (χ1v) is 8.50. The van der Waals surface area contributed by atoms with Gasteiger partial charge in [-0.05, 0) is 18.6 Å². The van der Waals surface area contributed by atoms with Crippen molar-refractivity contribution in [2.75, 3.05) is 33.2 Å². The van der Waals surface area contributed by atoms with Gasteiger partial charge in [-0.15, -0.1) is 0 Å². The van der Waals surface area contributed by atoms with Crippen LogP contribution in [-0.4, -0.2) is 47.1 Å². The average molecular weight is 299 g/mol. The van der Waals surface area contributed by atoms with E-state index in [9.17, 15) is 0 Å². The van der Waals surface area contributed by atoms with Gasteiger partial charge in [0, 0.05) is 39.6 Å². The second-order valence-electron chi connectivity index (χ2n) is 3.69. The minimum Gasteiger partial charge on any atom is -0.385 e. The van der Waals surface area contributed by atoms with Crippen LogP contribution in [0.3, 0.4) is 0 Å². The second-order valence-corrected chi connectivity index (χ2v) is 6.78. The van der Waals surface area contributed by atoms with Crippen molar-refractivity contribution in [3.05, 3.63) is 30.3 Å². The number of para-hydroxylation sites is 1. The molecule has 0 saturated heterocycles. The van der Waals surface area contributed by atoms with E-state index >= 15 is 0 Å². The third-order valence-corrected chi connectivity index (χ3v) is 5.53. The van der Waals surface area contributed by atoms with Crippen molar-refractivity contribution in [3.8, 4) is 0 Å². The highest BCUT2D eigenvalue weighted by molar-refractivity contribution is 6.60. The molecule has 107 valence electrons. The molecule has 0 atom stereocenters. The molecule has 1 aromatic carbocycles. The molecule has 0 aromatic heterocycles. The largest absolute Gasteiger partial charge is 0.500 e. The summed E-state index contributed by atoms with van der Waals surface area (Å²) in [6.45, 7) is 0.884. The Hall–Kier alpha value is -0.706. The molecule has 3 N–H and O–H groups in total. The second kappa shape index (κ2) is 11.1. The summed E-state index contributed by atoms with van der Waals surface area (Å²) in [6.07, 6.45) is 0.955. The molecule has 0 spiro atoms. The summed E-state index contributed by atoms with van der Waals surface area (Å²) in [6, 6.07) is 10.9. The summed E-state index contributed by atoms with van der Waals surface area (Å²) < 4.78 is 16.1. The predicted octanol–water partition coefficient (Wildman–Crippen LogP) is 1.40. The standard InChI is InChI=1S/C12H21NO3Si.H2NSi/c1-14-17(15-2,16-3)11-7-10-13-12-8-5-4-6-9-12;1-2/h4-6,8-9,13H,7,10-11H2,1-3H3;1H2. The molecule has 0 bridgehead atoms. The van der Waals surface area contributed by atoms with Crippen molar-refractivity contribution >= 4 is 24.9 Å². The molecular weight excluding hydrogens is 276 g/mol. The van der Waals surface area contributed by atoms with E-state index in [-0.39, 0.29) is 0 Å². The first-order valence-electron chi connectivity index (χ1n) is 5.99. The zero-order chi connectivity index (χ0) is 14.6. The molecule has 5 nitrogen and oxygen atoms in total. The number of hydrogen-bond acceptors (Lipinski definition) is 5. The van der Waals surface area contributed by atoms with Gasteiger partial charge in [0.25, 0.3) is 0 Å². The van der Waals surface area contributed by atoms with E-state index in [1.54, 1.807) is 21.3 Å². The lowest BCUT2D eigenvalue weighted by molar-refractivity contribution is 0.123. The lowest BCUT2D eigenvalue weighted by Crippen LogP contribution is -2.42. The SMILES string of the molecule is CO[Si](CCCNc1ccccc1)(OC)OC.N[Si]. The molecule has 0 heterocycles. The van der Waals surface area contributed by atoms with Crippen LogP contribution in [0.4, 0.5) is 5.69 Å². The van der Waals surface area contributed by atoms with Crippen molar-refractivity contribution in [1.29, 1.82) is 0 Å². The van der Waals surface area contributed by atoms with Crippen molar-refractivity contribution < 1.29 is 13.3 Å². The van der Waals surface area contributed by atoms with E-state index in [1.807, 2.05) is 30.3 Å². The van der Waals surface area contributed by atoms with Gasteiger partial charge in [-0.3, -0.25) is 0 Å². The Bertz CT molecular complexity index is 303. The Morgan fingerprint density at radius 3 is 2.05 bits per heavy atom. The summed E-state index contributed by atoms with van der Waals surface area (Å²) in [5.41, 5.74) is 1.13. The van der Waals surface area contributed by atoms with E-state index in [0.29, 0.717) is 0 Å². The quantitative estimate of drug-likeness (QED) is 0.561. The third kappa shape index (κ3) is 6.85. The lowest BCUT2D eigenvalue weighted by atomic mass is 10.3. The van der Waals surface area contributed by atoms with Crippen molar-refractivity contribution in [3.63, 3.8) is 0 Å². The Kier molecular flexibility index (Phi) is 10.7. The predicted molar refractivity (Wildman–Crippen MR) is 81.1 cm³/mol.